The first-order chi connectivity index (χ1) is 5.77. The van der Waals surface area contributed by atoms with Crippen LogP contribution >= 0.6 is 0 Å². The van der Waals surface area contributed by atoms with E-state index >= 15 is 0 Å². The fourth-order valence-corrected chi connectivity index (χ4v) is 1.70. The Labute approximate surface area is 73.0 Å². The molecule has 1 fully saturated rings. The van der Waals surface area contributed by atoms with Crippen molar-refractivity contribution < 1.29 is 10.2 Å². The minimum absolute atomic E-state index is 0.0225. The van der Waals surface area contributed by atoms with Gasteiger partial charge in [-0.1, -0.05) is 0 Å². The van der Waals surface area contributed by atoms with Gasteiger partial charge in [0.05, 0.1) is 13.2 Å². The van der Waals surface area contributed by atoms with Crippen molar-refractivity contribution in [2.75, 3.05) is 26.3 Å². The lowest BCUT2D eigenvalue weighted by atomic mass is 10.2. The summed E-state index contributed by atoms with van der Waals surface area (Å²) in [6.45, 7) is 1.92. The molecular weight excluding hydrogens is 156 g/mol. The summed E-state index contributed by atoms with van der Waals surface area (Å²) in [5.74, 6) is 0. The van der Waals surface area contributed by atoms with Crippen LogP contribution in [0.15, 0.2) is 0 Å². The Bertz CT molecular complexity index is 132. The van der Waals surface area contributed by atoms with Crippen molar-refractivity contribution in [2.45, 2.75) is 24.9 Å². The van der Waals surface area contributed by atoms with Crippen molar-refractivity contribution in [1.29, 1.82) is 0 Å². The lowest BCUT2D eigenvalue weighted by Crippen LogP contribution is -2.43. The van der Waals surface area contributed by atoms with Gasteiger partial charge in [-0.25, -0.2) is 0 Å². The summed E-state index contributed by atoms with van der Waals surface area (Å²) < 4.78 is 0. The molecule has 0 unspecified atom stereocenters. The summed E-state index contributed by atoms with van der Waals surface area (Å²) >= 11 is 0. The molecule has 4 N–H and O–H groups in total. The molecule has 1 aliphatic rings. The summed E-state index contributed by atoms with van der Waals surface area (Å²) in [7, 11) is 0. The molecule has 0 spiro atoms. The highest BCUT2D eigenvalue weighted by molar-refractivity contribution is 4.80. The van der Waals surface area contributed by atoms with Crippen molar-refractivity contribution in [3.05, 3.63) is 0 Å². The molecule has 1 saturated heterocycles. The molecule has 0 bridgehead atoms. The second-order valence-electron chi connectivity index (χ2n) is 3.42. The summed E-state index contributed by atoms with van der Waals surface area (Å²) in [5, 5.41) is 17.7. The highest BCUT2D eigenvalue weighted by Gasteiger charge is 2.24. The van der Waals surface area contributed by atoms with E-state index < -0.39 is 0 Å². The number of aliphatic hydroxyl groups excluding tert-OH is 2. The number of nitrogens with two attached hydrogens (primary N) is 1. The Hall–Kier alpha value is -0.160. The average Bonchev–Trinajstić information content (AvgIpc) is 2.51. The van der Waals surface area contributed by atoms with Crippen LogP contribution < -0.4 is 5.73 Å². The molecule has 0 amide bonds. The summed E-state index contributed by atoms with van der Waals surface area (Å²) in [4.78, 5) is 2.15. The largest absolute Gasteiger partial charge is 0.395 e. The van der Waals surface area contributed by atoms with E-state index in [0.717, 1.165) is 19.4 Å². The van der Waals surface area contributed by atoms with E-state index in [4.69, 9.17) is 15.9 Å². The van der Waals surface area contributed by atoms with Gasteiger partial charge in [-0.05, 0) is 19.4 Å². The second kappa shape index (κ2) is 4.77. The summed E-state index contributed by atoms with van der Waals surface area (Å²) in [6.07, 6.45) is 2.18. The maximum atomic E-state index is 8.98. The lowest BCUT2D eigenvalue weighted by Gasteiger charge is -2.24. The van der Waals surface area contributed by atoms with Crippen LogP contribution in [0.5, 0.6) is 0 Å². The smallest absolute Gasteiger partial charge is 0.0595 e. The summed E-state index contributed by atoms with van der Waals surface area (Å²) in [5.41, 5.74) is 5.60. The van der Waals surface area contributed by atoms with Gasteiger partial charge in [0.25, 0.3) is 0 Å². The molecule has 12 heavy (non-hydrogen) atoms. The maximum absolute atomic E-state index is 8.98. The molecule has 1 heterocycles. The zero-order valence-electron chi connectivity index (χ0n) is 7.32. The van der Waals surface area contributed by atoms with Gasteiger partial charge in [0.2, 0.25) is 0 Å². The monoisotopic (exact) mass is 174 g/mol. The Morgan fingerprint density at radius 2 is 2.25 bits per heavy atom. The van der Waals surface area contributed by atoms with Gasteiger partial charge >= 0.3 is 0 Å². The van der Waals surface area contributed by atoms with Crippen LogP contribution in [0.1, 0.15) is 12.8 Å². The van der Waals surface area contributed by atoms with Gasteiger partial charge in [-0.2, -0.15) is 0 Å². The van der Waals surface area contributed by atoms with Gasteiger partial charge < -0.3 is 15.9 Å². The molecule has 0 aliphatic carbocycles. The van der Waals surface area contributed by atoms with Crippen LogP contribution in [0, 0.1) is 0 Å². The number of rotatable bonds is 4. The molecule has 0 aromatic heterocycles. The normalized spacial score (nSPS) is 27.8. The quantitative estimate of drug-likeness (QED) is 0.499. The topological polar surface area (TPSA) is 69.7 Å². The third-order valence-electron chi connectivity index (χ3n) is 2.41. The zero-order chi connectivity index (χ0) is 8.97. The number of hydrogen-bond donors (Lipinski definition) is 3. The Balaban J connectivity index is 2.30. The van der Waals surface area contributed by atoms with Crippen molar-refractivity contribution in [3.63, 3.8) is 0 Å². The number of likely N-dealkylation sites (tertiary alicyclic amines) is 1. The first kappa shape index (κ1) is 9.92. The molecule has 0 aromatic carbocycles. The Morgan fingerprint density at radius 1 is 1.50 bits per heavy atom. The zero-order valence-corrected chi connectivity index (χ0v) is 7.32. The minimum atomic E-state index is -0.169. The van der Waals surface area contributed by atoms with E-state index in [1.165, 1.54) is 0 Å². The predicted molar refractivity (Wildman–Crippen MR) is 46.7 cm³/mol. The fraction of sp³-hybridized carbons (Fsp3) is 1.00. The minimum Gasteiger partial charge on any atom is -0.395 e. The van der Waals surface area contributed by atoms with E-state index in [0.29, 0.717) is 6.54 Å². The molecule has 4 heteroatoms. The maximum Gasteiger partial charge on any atom is 0.0595 e. The van der Waals surface area contributed by atoms with Gasteiger partial charge in [0.15, 0.2) is 0 Å². The molecule has 1 rings (SSSR count). The molecule has 72 valence electrons. The summed E-state index contributed by atoms with van der Waals surface area (Å²) in [6, 6.07) is 0.0970. The van der Waals surface area contributed by atoms with E-state index in [9.17, 15) is 0 Å². The number of hydrogen-bond acceptors (Lipinski definition) is 4. The van der Waals surface area contributed by atoms with Crippen molar-refractivity contribution >= 4 is 0 Å². The van der Waals surface area contributed by atoms with E-state index in [-0.39, 0.29) is 25.3 Å². The van der Waals surface area contributed by atoms with Gasteiger partial charge in [-0.3, -0.25) is 4.90 Å². The van der Waals surface area contributed by atoms with Crippen molar-refractivity contribution in [1.82, 2.24) is 4.90 Å². The van der Waals surface area contributed by atoms with Crippen LogP contribution in [-0.2, 0) is 0 Å². The van der Waals surface area contributed by atoms with Crippen LogP contribution in [0.4, 0.5) is 0 Å². The molecule has 1 aliphatic heterocycles. The van der Waals surface area contributed by atoms with E-state index in [2.05, 4.69) is 4.90 Å². The van der Waals surface area contributed by atoms with Crippen molar-refractivity contribution in [2.24, 2.45) is 5.73 Å². The molecule has 0 radical (unpaired) electrons. The SMILES string of the molecule is N[C@@H](CO)CN1CCC[C@H]1CO. The van der Waals surface area contributed by atoms with Gasteiger partial charge in [0.1, 0.15) is 0 Å². The molecule has 4 nitrogen and oxygen atoms in total. The van der Waals surface area contributed by atoms with Crippen molar-refractivity contribution in [3.8, 4) is 0 Å². The molecule has 0 aromatic rings. The molecular formula is C8H18N2O2. The molecule has 2 atom stereocenters. The second-order valence-corrected chi connectivity index (χ2v) is 3.42. The highest BCUT2D eigenvalue weighted by Crippen LogP contribution is 2.15. The molecule has 0 saturated carbocycles. The lowest BCUT2D eigenvalue weighted by molar-refractivity contribution is 0.139. The standard InChI is InChI=1S/C8H18N2O2/c9-7(5-11)4-10-3-1-2-8(10)6-12/h7-8,11-12H,1-6,9H2/t7-,8+/m1/s1. The highest BCUT2D eigenvalue weighted by atomic mass is 16.3. The first-order valence-corrected chi connectivity index (χ1v) is 4.49. The predicted octanol–water partition coefficient (Wildman–Crippen LogP) is -1.24. The van der Waals surface area contributed by atoms with Crippen LogP contribution in [0.2, 0.25) is 0 Å². The first-order valence-electron chi connectivity index (χ1n) is 4.49. The Kier molecular flexibility index (Phi) is 3.94. The Morgan fingerprint density at radius 3 is 2.83 bits per heavy atom. The van der Waals surface area contributed by atoms with E-state index in [1.807, 2.05) is 0 Å². The van der Waals surface area contributed by atoms with Gasteiger partial charge in [-0.15, -0.1) is 0 Å². The fourth-order valence-electron chi connectivity index (χ4n) is 1.70. The number of nitrogens with zero attached hydrogens (tertiary/aromatic N) is 1. The van der Waals surface area contributed by atoms with Crippen LogP contribution in [-0.4, -0.2) is 53.5 Å². The third-order valence-corrected chi connectivity index (χ3v) is 2.41. The van der Waals surface area contributed by atoms with Gasteiger partial charge in [0, 0.05) is 18.6 Å². The van der Waals surface area contributed by atoms with Crippen LogP contribution in [0.3, 0.4) is 0 Å². The number of aliphatic hydroxyl groups is 2. The average molecular weight is 174 g/mol. The van der Waals surface area contributed by atoms with E-state index in [1.54, 1.807) is 0 Å². The van der Waals surface area contributed by atoms with Crippen LogP contribution in [0.25, 0.3) is 0 Å². The third kappa shape index (κ3) is 2.42.